The molecule has 4 nitrogen and oxygen atoms in total. The molecule has 1 saturated heterocycles. The van der Waals surface area contributed by atoms with Crippen molar-refractivity contribution in [2.45, 2.75) is 19.3 Å². The van der Waals surface area contributed by atoms with Gasteiger partial charge in [0.25, 0.3) is 0 Å². The van der Waals surface area contributed by atoms with E-state index in [0.717, 1.165) is 26.4 Å². The van der Waals surface area contributed by atoms with E-state index in [4.69, 9.17) is 5.73 Å². The van der Waals surface area contributed by atoms with Crippen molar-refractivity contribution in [3.05, 3.63) is 29.3 Å². The Kier molecular flexibility index (Phi) is 5.12. The van der Waals surface area contributed by atoms with E-state index in [0.29, 0.717) is 25.6 Å². The summed E-state index contributed by atoms with van der Waals surface area (Å²) in [6.07, 6.45) is 2.79. The molecule has 2 N–H and O–H groups in total. The molecule has 0 atom stereocenters. The second kappa shape index (κ2) is 6.85. The molecule has 6 heteroatoms. The number of piperidine rings is 1. The van der Waals surface area contributed by atoms with Crippen LogP contribution < -0.4 is 10.6 Å². The van der Waals surface area contributed by atoms with Gasteiger partial charge in [0.2, 0.25) is 0 Å². The molecule has 0 amide bonds. The number of rotatable bonds is 4. The standard InChI is InChI=1S/C15H20F2N2O2/c1-21-15(20)11-2-3-12(14(17)13(11)16)19-8-5-10(4-7-18)6-9-19/h2-3,10H,4-9,18H2,1H3. The smallest absolute Gasteiger partial charge is 0.340 e. The van der Waals surface area contributed by atoms with Crippen molar-refractivity contribution in [1.82, 2.24) is 0 Å². The van der Waals surface area contributed by atoms with Gasteiger partial charge in [0.15, 0.2) is 11.6 Å². The first-order valence-electron chi connectivity index (χ1n) is 7.09. The average molecular weight is 298 g/mol. The van der Waals surface area contributed by atoms with Crippen molar-refractivity contribution in [3.8, 4) is 0 Å². The van der Waals surface area contributed by atoms with Crippen LogP contribution in [0.15, 0.2) is 12.1 Å². The summed E-state index contributed by atoms with van der Waals surface area (Å²) >= 11 is 0. The van der Waals surface area contributed by atoms with Gasteiger partial charge in [0.1, 0.15) is 0 Å². The molecule has 0 aliphatic carbocycles. The molecule has 0 radical (unpaired) electrons. The first-order valence-corrected chi connectivity index (χ1v) is 7.09. The van der Waals surface area contributed by atoms with Crippen molar-refractivity contribution in [1.29, 1.82) is 0 Å². The van der Waals surface area contributed by atoms with Gasteiger partial charge in [-0.1, -0.05) is 0 Å². The lowest BCUT2D eigenvalue weighted by Gasteiger charge is -2.33. The van der Waals surface area contributed by atoms with Crippen LogP contribution in [-0.4, -0.2) is 32.7 Å². The maximum atomic E-state index is 14.1. The van der Waals surface area contributed by atoms with E-state index in [-0.39, 0.29) is 11.3 Å². The van der Waals surface area contributed by atoms with Crippen molar-refractivity contribution >= 4 is 11.7 Å². The van der Waals surface area contributed by atoms with Crippen LogP contribution in [0.2, 0.25) is 0 Å². The van der Waals surface area contributed by atoms with E-state index in [1.54, 1.807) is 0 Å². The Morgan fingerprint density at radius 3 is 2.57 bits per heavy atom. The highest BCUT2D eigenvalue weighted by molar-refractivity contribution is 5.90. The van der Waals surface area contributed by atoms with Crippen LogP contribution in [0, 0.1) is 17.6 Å². The summed E-state index contributed by atoms with van der Waals surface area (Å²) in [6, 6.07) is 2.71. The number of nitrogens with zero attached hydrogens (tertiary/aromatic N) is 1. The van der Waals surface area contributed by atoms with Gasteiger partial charge >= 0.3 is 5.97 Å². The molecule has 1 heterocycles. The van der Waals surface area contributed by atoms with E-state index < -0.39 is 17.6 Å². The third-order valence-electron chi connectivity index (χ3n) is 4.00. The van der Waals surface area contributed by atoms with Crippen LogP contribution in [0.25, 0.3) is 0 Å². The fourth-order valence-electron chi connectivity index (χ4n) is 2.75. The van der Waals surface area contributed by atoms with Crippen molar-refractivity contribution in [3.63, 3.8) is 0 Å². The van der Waals surface area contributed by atoms with Crippen LogP contribution in [0.5, 0.6) is 0 Å². The van der Waals surface area contributed by atoms with Gasteiger partial charge in [-0.2, -0.15) is 0 Å². The van der Waals surface area contributed by atoms with E-state index >= 15 is 0 Å². The highest BCUT2D eigenvalue weighted by Gasteiger charge is 2.25. The Bertz CT molecular complexity index is 515. The number of carbonyl (C=O) groups excluding carboxylic acids is 1. The van der Waals surface area contributed by atoms with Gasteiger partial charge < -0.3 is 15.4 Å². The Balaban J connectivity index is 2.15. The molecule has 1 aliphatic rings. The highest BCUT2D eigenvalue weighted by atomic mass is 19.2. The summed E-state index contributed by atoms with van der Waals surface area (Å²) in [5.74, 6) is -2.47. The number of anilines is 1. The Hall–Kier alpha value is -1.69. The van der Waals surface area contributed by atoms with E-state index in [1.807, 2.05) is 4.90 Å². The maximum absolute atomic E-state index is 14.1. The largest absolute Gasteiger partial charge is 0.465 e. The molecular weight excluding hydrogens is 278 g/mol. The predicted molar refractivity (Wildman–Crippen MR) is 76.3 cm³/mol. The van der Waals surface area contributed by atoms with Gasteiger partial charge in [-0.15, -0.1) is 0 Å². The Labute approximate surface area is 122 Å². The minimum Gasteiger partial charge on any atom is -0.465 e. The zero-order valence-corrected chi connectivity index (χ0v) is 12.1. The number of methoxy groups -OCH3 is 1. The van der Waals surface area contributed by atoms with E-state index in [2.05, 4.69) is 4.74 Å². The topological polar surface area (TPSA) is 55.6 Å². The summed E-state index contributed by atoms with van der Waals surface area (Å²) in [5, 5.41) is 0. The predicted octanol–water partition coefficient (Wildman–Crippen LogP) is 2.32. The number of benzene rings is 1. The molecule has 21 heavy (non-hydrogen) atoms. The molecule has 1 aromatic carbocycles. The summed E-state index contributed by atoms with van der Waals surface area (Å²) in [6.45, 7) is 1.98. The Morgan fingerprint density at radius 2 is 2.00 bits per heavy atom. The molecule has 0 saturated carbocycles. The fraction of sp³-hybridized carbons (Fsp3) is 0.533. The lowest BCUT2D eigenvalue weighted by atomic mass is 9.93. The van der Waals surface area contributed by atoms with Gasteiger partial charge in [-0.3, -0.25) is 0 Å². The van der Waals surface area contributed by atoms with Gasteiger partial charge in [-0.25, -0.2) is 13.6 Å². The third-order valence-corrected chi connectivity index (χ3v) is 4.00. The summed E-state index contributed by atoms with van der Waals surface area (Å²) in [5.41, 5.74) is 5.36. The number of ether oxygens (including phenoxy) is 1. The molecular formula is C15H20F2N2O2. The first kappa shape index (κ1) is 15.7. The number of esters is 1. The van der Waals surface area contributed by atoms with Crippen molar-refractivity contribution in [2.24, 2.45) is 11.7 Å². The van der Waals surface area contributed by atoms with Crippen molar-refractivity contribution < 1.29 is 18.3 Å². The average Bonchev–Trinajstić information content (AvgIpc) is 2.50. The van der Waals surface area contributed by atoms with Crippen LogP contribution in [0.4, 0.5) is 14.5 Å². The summed E-state index contributed by atoms with van der Waals surface area (Å²) in [7, 11) is 1.13. The quantitative estimate of drug-likeness (QED) is 0.867. The molecule has 1 aliphatic heterocycles. The van der Waals surface area contributed by atoms with Crippen LogP contribution in [0.3, 0.4) is 0 Å². The molecule has 116 valence electrons. The number of hydrogen-bond donors (Lipinski definition) is 1. The molecule has 0 bridgehead atoms. The molecule has 0 aromatic heterocycles. The summed E-state index contributed by atoms with van der Waals surface area (Å²) < 4.78 is 32.5. The monoisotopic (exact) mass is 298 g/mol. The second-order valence-electron chi connectivity index (χ2n) is 5.26. The maximum Gasteiger partial charge on any atom is 0.340 e. The lowest BCUT2D eigenvalue weighted by molar-refractivity contribution is 0.0594. The fourth-order valence-corrected chi connectivity index (χ4v) is 2.75. The third kappa shape index (κ3) is 3.32. The van der Waals surface area contributed by atoms with Crippen molar-refractivity contribution in [2.75, 3.05) is 31.6 Å². The molecule has 0 spiro atoms. The molecule has 1 aromatic rings. The van der Waals surface area contributed by atoms with Gasteiger partial charge in [0.05, 0.1) is 18.4 Å². The normalized spacial score (nSPS) is 16.1. The van der Waals surface area contributed by atoms with E-state index in [9.17, 15) is 13.6 Å². The highest BCUT2D eigenvalue weighted by Crippen LogP contribution is 2.29. The molecule has 0 unspecified atom stereocenters. The second-order valence-corrected chi connectivity index (χ2v) is 5.26. The number of nitrogens with two attached hydrogens (primary N) is 1. The van der Waals surface area contributed by atoms with Crippen LogP contribution >= 0.6 is 0 Å². The van der Waals surface area contributed by atoms with Crippen LogP contribution in [0.1, 0.15) is 29.6 Å². The number of hydrogen-bond acceptors (Lipinski definition) is 4. The molecule has 1 fully saturated rings. The lowest BCUT2D eigenvalue weighted by Crippen LogP contribution is -2.35. The van der Waals surface area contributed by atoms with E-state index in [1.165, 1.54) is 12.1 Å². The number of carbonyl (C=O) groups is 1. The number of halogens is 2. The minimum absolute atomic E-state index is 0.200. The zero-order valence-electron chi connectivity index (χ0n) is 12.1. The zero-order chi connectivity index (χ0) is 15.4. The molecule has 2 rings (SSSR count). The van der Waals surface area contributed by atoms with Crippen LogP contribution in [-0.2, 0) is 4.74 Å². The summed E-state index contributed by atoms with van der Waals surface area (Å²) in [4.78, 5) is 13.1. The van der Waals surface area contributed by atoms with Gasteiger partial charge in [-0.05, 0) is 43.9 Å². The Morgan fingerprint density at radius 1 is 1.33 bits per heavy atom. The first-order chi connectivity index (χ1) is 10.1. The minimum atomic E-state index is -1.15. The SMILES string of the molecule is COC(=O)c1ccc(N2CCC(CCN)CC2)c(F)c1F. The van der Waals surface area contributed by atoms with Gasteiger partial charge in [0, 0.05) is 13.1 Å².